The minimum absolute atomic E-state index is 0.0161. The molecule has 0 spiro atoms. The molecule has 1 aliphatic rings. The first-order valence-electron chi connectivity index (χ1n) is 4.24. The van der Waals surface area contributed by atoms with Crippen molar-refractivity contribution in [3.63, 3.8) is 0 Å². The zero-order chi connectivity index (χ0) is 9.42. The Hall–Kier alpha value is -1.38. The third-order valence-corrected chi connectivity index (χ3v) is 2.39. The second-order valence-corrected chi connectivity index (χ2v) is 3.20. The van der Waals surface area contributed by atoms with Gasteiger partial charge in [0.1, 0.15) is 5.82 Å². The Kier molecular flexibility index (Phi) is 1.79. The van der Waals surface area contributed by atoms with Crippen LogP contribution in [0.2, 0.25) is 0 Å². The van der Waals surface area contributed by atoms with Crippen LogP contribution >= 0.6 is 0 Å². The highest BCUT2D eigenvalue weighted by atomic mass is 19.1. The van der Waals surface area contributed by atoms with Crippen LogP contribution in [0.1, 0.15) is 12.0 Å². The highest BCUT2D eigenvalue weighted by Crippen LogP contribution is 2.28. The highest BCUT2D eigenvalue weighted by Gasteiger charge is 2.23. The Labute approximate surface area is 76.0 Å². The molecule has 1 amide bonds. The van der Waals surface area contributed by atoms with Gasteiger partial charge in [0, 0.05) is 13.5 Å². The summed E-state index contributed by atoms with van der Waals surface area (Å²) in [6.45, 7) is 0. The van der Waals surface area contributed by atoms with Crippen LogP contribution in [-0.4, -0.2) is 13.0 Å². The summed E-state index contributed by atoms with van der Waals surface area (Å²) in [6.07, 6.45) is 1.13. The summed E-state index contributed by atoms with van der Waals surface area (Å²) in [5, 5.41) is 0. The lowest BCUT2D eigenvalue weighted by Crippen LogP contribution is -2.31. The van der Waals surface area contributed by atoms with Crippen molar-refractivity contribution in [2.45, 2.75) is 12.8 Å². The standard InChI is InChI=1S/C10H10FNO/c1-12-9(13)6-5-7-3-2-4-8(11)10(7)12/h2-4H,5-6H2,1H3. The molecule has 3 heteroatoms. The van der Waals surface area contributed by atoms with Crippen LogP contribution in [0.4, 0.5) is 10.1 Å². The number of hydrogen-bond acceptors (Lipinski definition) is 1. The second-order valence-electron chi connectivity index (χ2n) is 3.20. The fourth-order valence-electron chi connectivity index (χ4n) is 1.67. The number of carbonyl (C=O) groups excluding carboxylic acids is 1. The summed E-state index contributed by atoms with van der Waals surface area (Å²) in [7, 11) is 1.61. The van der Waals surface area contributed by atoms with Gasteiger partial charge in [-0.3, -0.25) is 4.79 Å². The van der Waals surface area contributed by atoms with Gasteiger partial charge in [-0.1, -0.05) is 12.1 Å². The van der Waals surface area contributed by atoms with Crippen LogP contribution in [0.25, 0.3) is 0 Å². The van der Waals surface area contributed by atoms with Gasteiger partial charge >= 0.3 is 0 Å². The van der Waals surface area contributed by atoms with E-state index in [2.05, 4.69) is 0 Å². The molecule has 0 N–H and O–H groups in total. The van der Waals surface area contributed by atoms with Gasteiger partial charge in [-0.2, -0.15) is 0 Å². The molecule has 0 saturated carbocycles. The van der Waals surface area contributed by atoms with E-state index >= 15 is 0 Å². The zero-order valence-corrected chi connectivity index (χ0v) is 7.38. The lowest BCUT2D eigenvalue weighted by Gasteiger charge is -2.25. The van der Waals surface area contributed by atoms with E-state index in [0.717, 1.165) is 5.56 Å². The number of benzene rings is 1. The molecule has 2 rings (SSSR count). The first-order chi connectivity index (χ1) is 6.20. The Morgan fingerprint density at radius 1 is 1.38 bits per heavy atom. The molecule has 1 aromatic carbocycles. The Bertz CT molecular complexity index is 362. The molecule has 1 aliphatic heterocycles. The SMILES string of the molecule is CN1C(=O)CCc2cccc(F)c21. The molecule has 1 aromatic rings. The largest absolute Gasteiger partial charge is 0.313 e. The molecule has 68 valence electrons. The van der Waals surface area contributed by atoms with E-state index in [9.17, 15) is 9.18 Å². The fraction of sp³-hybridized carbons (Fsp3) is 0.300. The van der Waals surface area contributed by atoms with Gasteiger partial charge in [0.05, 0.1) is 5.69 Å². The van der Waals surface area contributed by atoms with Crippen molar-refractivity contribution in [1.82, 2.24) is 0 Å². The summed E-state index contributed by atoms with van der Waals surface area (Å²) in [6, 6.07) is 4.92. The molecule has 1 heterocycles. The molecule has 0 aliphatic carbocycles. The number of rotatable bonds is 0. The fourth-order valence-corrected chi connectivity index (χ4v) is 1.67. The van der Waals surface area contributed by atoms with E-state index in [1.165, 1.54) is 11.0 Å². The number of para-hydroxylation sites is 1. The van der Waals surface area contributed by atoms with Crippen molar-refractivity contribution in [2.24, 2.45) is 0 Å². The monoisotopic (exact) mass is 179 g/mol. The first kappa shape index (κ1) is 8.23. The average molecular weight is 179 g/mol. The molecule has 0 aromatic heterocycles. The molecule has 0 saturated heterocycles. The minimum atomic E-state index is -0.312. The Morgan fingerprint density at radius 2 is 2.15 bits per heavy atom. The number of fused-ring (bicyclic) bond motifs is 1. The molecular formula is C10H10FNO. The van der Waals surface area contributed by atoms with Crippen molar-refractivity contribution in [2.75, 3.05) is 11.9 Å². The Balaban J connectivity index is 2.57. The smallest absolute Gasteiger partial charge is 0.227 e. The van der Waals surface area contributed by atoms with Gasteiger partial charge in [-0.05, 0) is 18.1 Å². The van der Waals surface area contributed by atoms with Crippen LogP contribution in [0.15, 0.2) is 18.2 Å². The van der Waals surface area contributed by atoms with Gasteiger partial charge in [-0.15, -0.1) is 0 Å². The van der Waals surface area contributed by atoms with Crippen LogP contribution in [-0.2, 0) is 11.2 Å². The van der Waals surface area contributed by atoms with E-state index in [-0.39, 0.29) is 11.7 Å². The highest BCUT2D eigenvalue weighted by molar-refractivity contribution is 5.95. The second kappa shape index (κ2) is 2.83. The zero-order valence-electron chi connectivity index (χ0n) is 7.38. The van der Waals surface area contributed by atoms with Gasteiger partial charge < -0.3 is 4.90 Å². The molecule has 13 heavy (non-hydrogen) atoms. The molecule has 0 bridgehead atoms. The Morgan fingerprint density at radius 3 is 2.92 bits per heavy atom. The molecule has 0 atom stereocenters. The topological polar surface area (TPSA) is 20.3 Å². The van der Waals surface area contributed by atoms with E-state index in [4.69, 9.17) is 0 Å². The van der Waals surface area contributed by atoms with E-state index in [1.807, 2.05) is 6.07 Å². The predicted octanol–water partition coefficient (Wildman–Crippen LogP) is 1.73. The van der Waals surface area contributed by atoms with Crippen molar-refractivity contribution in [3.8, 4) is 0 Å². The van der Waals surface area contributed by atoms with Crippen molar-refractivity contribution in [1.29, 1.82) is 0 Å². The molecule has 0 radical (unpaired) electrons. The van der Waals surface area contributed by atoms with Crippen LogP contribution < -0.4 is 4.90 Å². The number of halogens is 1. The van der Waals surface area contributed by atoms with Crippen LogP contribution in [0.3, 0.4) is 0 Å². The average Bonchev–Trinajstić information content (AvgIpc) is 2.12. The number of nitrogens with zero attached hydrogens (tertiary/aromatic N) is 1. The third kappa shape index (κ3) is 1.20. The van der Waals surface area contributed by atoms with Gasteiger partial charge in [0.15, 0.2) is 0 Å². The summed E-state index contributed by atoms with van der Waals surface area (Å²) in [5.41, 5.74) is 1.36. The van der Waals surface area contributed by atoms with E-state index in [1.54, 1.807) is 13.1 Å². The number of amides is 1. The maximum atomic E-state index is 13.3. The van der Waals surface area contributed by atoms with Crippen molar-refractivity contribution in [3.05, 3.63) is 29.6 Å². The maximum absolute atomic E-state index is 13.3. The molecule has 2 nitrogen and oxygen atoms in total. The first-order valence-corrected chi connectivity index (χ1v) is 4.24. The minimum Gasteiger partial charge on any atom is -0.313 e. The van der Waals surface area contributed by atoms with Crippen LogP contribution in [0.5, 0.6) is 0 Å². The lowest BCUT2D eigenvalue weighted by atomic mass is 10.0. The quantitative estimate of drug-likeness (QED) is 0.594. The number of hydrogen-bond donors (Lipinski definition) is 0. The van der Waals surface area contributed by atoms with Crippen molar-refractivity contribution < 1.29 is 9.18 Å². The van der Waals surface area contributed by atoms with Gasteiger partial charge in [-0.25, -0.2) is 4.39 Å². The van der Waals surface area contributed by atoms with E-state index < -0.39 is 0 Å². The number of carbonyl (C=O) groups is 1. The summed E-state index contributed by atoms with van der Waals surface area (Å²) < 4.78 is 13.3. The third-order valence-electron chi connectivity index (χ3n) is 2.39. The molecule has 0 fully saturated rings. The number of anilines is 1. The van der Waals surface area contributed by atoms with Gasteiger partial charge in [0.25, 0.3) is 0 Å². The lowest BCUT2D eigenvalue weighted by molar-refractivity contribution is -0.118. The summed E-state index contributed by atoms with van der Waals surface area (Å²) in [5.74, 6) is -0.328. The van der Waals surface area contributed by atoms with Crippen molar-refractivity contribution >= 4 is 11.6 Å². The van der Waals surface area contributed by atoms with Crippen LogP contribution in [0, 0.1) is 5.82 Å². The van der Waals surface area contributed by atoms with E-state index in [0.29, 0.717) is 18.5 Å². The normalized spacial score (nSPS) is 15.8. The molecular weight excluding hydrogens is 169 g/mol. The molecule has 0 unspecified atom stereocenters. The number of aryl methyl sites for hydroxylation is 1. The summed E-state index contributed by atoms with van der Waals surface area (Å²) >= 11 is 0. The summed E-state index contributed by atoms with van der Waals surface area (Å²) in [4.78, 5) is 12.7. The maximum Gasteiger partial charge on any atom is 0.227 e. The predicted molar refractivity (Wildman–Crippen MR) is 48.1 cm³/mol. The van der Waals surface area contributed by atoms with Gasteiger partial charge in [0.2, 0.25) is 5.91 Å².